The number of hydrogen-bond donors (Lipinski definition) is 1. The number of carbonyl (C=O) groups is 1. The van der Waals surface area contributed by atoms with E-state index in [2.05, 4.69) is 21.2 Å². The molecule has 3 heteroatoms. The second-order valence-corrected chi connectivity index (χ2v) is 4.62. The Labute approximate surface area is 105 Å². The molecule has 1 aromatic carbocycles. The van der Waals surface area contributed by atoms with Crippen LogP contribution in [0.25, 0.3) is 0 Å². The van der Waals surface area contributed by atoms with Crippen LogP contribution in [-0.4, -0.2) is 5.91 Å². The summed E-state index contributed by atoms with van der Waals surface area (Å²) in [6.45, 7) is 5.81. The number of anilines is 1. The Hall–Kier alpha value is -1.09. The summed E-state index contributed by atoms with van der Waals surface area (Å²) >= 11 is 3.39. The van der Waals surface area contributed by atoms with Crippen LogP contribution < -0.4 is 5.32 Å². The number of carbonyl (C=O) groups excluding carboxylic acids is 1. The third-order valence-electron chi connectivity index (χ3n) is 2.32. The van der Waals surface area contributed by atoms with Gasteiger partial charge in [-0.3, -0.25) is 4.79 Å². The van der Waals surface area contributed by atoms with Crippen LogP contribution in [0.15, 0.2) is 34.3 Å². The molecule has 0 aliphatic carbocycles. The van der Waals surface area contributed by atoms with Crippen LogP contribution in [-0.2, 0) is 4.79 Å². The first kappa shape index (κ1) is 13.0. The monoisotopic (exact) mass is 281 g/mol. The number of nitrogens with one attached hydrogen (secondary N) is 1. The fourth-order valence-electron chi connectivity index (χ4n) is 1.35. The predicted octanol–water partition coefficient (Wildman–Crippen LogP) is 4.05. The van der Waals surface area contributed by atoms with Crippen molar-refractivity contribution in [3.8, 4) is 0 Å². The minimum atomic E-state index is -0.0388. The molecule has 0 atom stereocenters. The average Bonchev–Trinajstić information content (AvgIpc) is 2.23. The lowest BCUT2D eigenvalue weighted by Gasteiger charge is -2.09. The van der Waals surface area contributed by atoms with Gasteiger partial charge in [-0.1, -0.05) is 35.0 Å². The average molecular weight is 282 g/mol. The molecule has 86 valence electrons. The molecule has 0 bridgehead atoms. The van der Waals surface area contributed by atoms with E-state index in [1.807, 2.05) is 45.0 Å². The fourth-order valence-corrected chi connectivity index (χ4v) is 1.71. The molecule has 1 N–H and O–H groups in total. The number of allylic oxidation sites excluding steroid dienone is 1. The second kappa shape index (κ2) is 5.85. The molecule has 1 aromatic rings. The van der Waals surface area contributed by atoms with Crippen molar-refractivity contribution in [3.05, 3.63) is 39.9 Å². The van der Waals surface area contributed by atoms with Crippen molar-refractivity contribution < 1.29 is 4.79 Å². The van der Waals surface area contributed by atoms with E-state index < -0.39 is 0 Å². The zero-order valence-corrected chi connectivity index (χ0v) is 11.4. The minimum absolute atomic E-state index is 0.0388. The van der Waals surface area contributed by atoms with Gasteiger partial charge in [-0.15, -0.1) is 0 Å². The summed E-state index contributed by atoms with van der Waals surface area (Å²) in [5, 5.41) is 2.90. The molecule has 16 heavy (non-hydrogen) atoms. The standard InChI is InChI=1S/C13H16BrNO/c1-4-5-10(3)13(16)15-12-8-11(14)7-6-9(12)2/h5-8H,4H2,1-3H3,(H,15,16)/b10-5+. The van der Waals surface area contributed by atoms with E-state index >= 15 is 0 Å². The smallest absolute Gasteiger partial charge is 0.250 e. The molecule has 0 fully saturated rings. The Morgan fingerprint density at radius 3 is 2.81 bits per heavy atom. The first-order valence-electron chi connectivity index (χ1n) is 5.29. The number of aryl methyl sites for hydroxylation is 1. The third kappa shape index (κ3) is 3.49. The normalized spacial score (nSPS) is 11.4. The van der Waals surface area contributed by atoms with E-state index in [1.165, 1.54) is 0 Å². The summed E-state index contributed by atoms with van der Waals surface area (Å²) in [6, 6.07) is 5.84. The maximum absolute atomic E-state index is 11.8. The van der Waals surface area contributed by atoms with Gasteiger partial charge in [0.2, 0.25) is 0 Å². The molecule has 0 spiro atoms. The van der Waals surface area contributed by atoms with E-state index in [0.717, 1.165) is 27.7 Å². The van der Waals surface area contributed by atoms with Gasteiger partial charge < -0.3 is 5.32 Å². The lowest BCUT2D eigenvalue weighted by Crippen LogP contribution is -2.13. The van der Waals surface area contributed by atoms with Crippen LogP contribution >= 0.6 is 15.9 Å². The molecular weight excluding hydrogens is 266 g/mol. The molecule has 0 radical (unpaired) electrons. The topological polar surface area (TPSA) is 29.1 Å². The van der Waals surface area contributed by atoms with Gasteiger partial charge in [0.25, 0.3) is 5.91 Å². The SMILES string of the molecule is CC/C=C(\C)C(=O)Nc1cc(Br)ccc1C. The summed E-state index contributed by atoms with van der Waals surface area (Å²) in [4.78, 5) is 11.8. The van der Waals surface area contributed by atoms with Crippen LogP contribution in [0.1, 0.15) is 25.8 Å². The number of rotatable bonds is 3. The van der Waals surface area contributed by atoms with Gasteiger partial charge >= 0.3 is 0 Å². The van der Waals surface area contributed by atoms with Crippen molar-refractivity contribution in [2.75, 3.05) is 5.32 Å². The van der Waals surface area contributed by atoms with Crippen LogP contribution in [0.5, 0.6) is 0 Å². The summed E-state index contributed by atoms with van der Waals surface area (Å²) in [5.41, 5.74) is 2.66. The van der Waals surface area contributed by atoms with Gasteiger partial charge in [0.05, 0.1) is 0 Å². The van der Waals surface area contributed by atoms with Crippen molar-refractivity contribution >= 4 is 27.5 Å². The van der Waals surface area contributed by atoms with Crippen LogP contribution in [0.2, 0.25) is 0 Å². The van der Waals surface area contributed by atoms with Gasteiger partial charge in [-0.2, -0.15) is 0 Å². The van der Waals surface area contributed by atoms with Gasteiger partial charge in [0.1, 0.15) is 0 Å². The largest absolute Gasteiger partial charge is 0.322 e. The summed E-state index contributed by atoms with van der Waals surface area (Å²) in [7, 11) is 0. The molecule has 0 saturated carbocycles. The molecule has 1 amide bonds. The van der Waals surface area contributed by atoms with Gasteiger partial charge in [-0.05, 0) is 38.0 Å². The Bertz CT molecular complexity index is 424. The molecule has 1 rings (SSSR count). The Morgan fingerprint density at radius 1 is 1.50 bits per heavy atom. The summed E-state index contributed by atoms with van der Waals surface area (Å²) in [6.07, 6.45) is 2.79. The van der Waals surface area contributed by atoms with Crippen LogP contribution in [0.4, 0.5) is 5.69 Å². The Morgan fingerprint density at radius 2 is 2.19 bits per heavy atom. The number of halogens is 1. The van der Waals surface area contributed by atoms with Crippen LogP contribution in [0.3, 0.4) is 0 Å². The van der Waals surface area contributed by atoms with E-state index in [4.69, 9.17) is 0 Å². The zero-order chi connectivity index (χ0) is 12.1. The lowest BCUT2D eigenvalue weighted by atomic mass is 10.2. The summed E-state index contributed by atoms with van der Waals surface area (Å²) < 4.78 is 0.963. The molecule has 0 aliphatic heterocycles. The number of hydrogen-bond acceptors (Lipinski definition) is 1. The molecule has 0 aliphatic rings. The summed E-state index contributed by atoms with van der Waals surface area (Å²) in [5.74, 6) is -0.0388. The highest BCUT2D eigenvalue weighted by molar-refractivity contribution is 9.10. The number of benzene rings is 1. The quantitative estimate of drug-likeness (QED) is 0.832. The fraction of sp³-hybridized carbons (Fsp3) is 0.308. The van der Waals surface area contributed by atoms with Gasteiger partial charge in [-0.25, -0.2) is 0 Å². The Kier molecular flexibility index (Phi) is 4.74. The minimum Gasteiger partial charge on any atom is -0.322 e. The molecule has 0 unspecified atom stereocenters. The highest BCUT2D eigenvalue weighted by Crippen LogP contribution is 2.21. The van der Waals surface area contributed by atoms with Gasteiger partial charge in [0, 0.05) is 15.7 Å². The van der Waals surface area contributed by atoms with Crippen molar-refractivity contribution in [2.24, 2.45) is 0 Å². The molecular formula is C13H16BrNO. The highest BCUT2D eigenvalue weighted by atomic mass is 79.9. The predicted molar refractivity (Wildman–Crippen MR) is 71.6 cm³/mol. The van der Waals surface area contributed by atoms with Crippen molar-refractivity contribution in [2.45, 2.75) is 27.2 Å². The molecule has 0 saturated heterocycles. The van der Waals surface area contributed by atoms with E-state index in [1.54, 1.807) is 0 Å². The third-order valence-corrected chi connectivity index (χ3v) is 2.81. The molecule has 0 aromatic heterocycles. The van der Waals surface area contributed by atoms with E-state index in [9.17, 15) is 4.79 Å². The van der Waals surface area contributed by atoms with Crippen LogP contribution in [0, 0.1) is 6.92 Å². The molecule has 0 heterocycles. The van der Waals surface area contributed by atoms with Gasteiger partial charge in [0.15, 0.2) is 0 Å². The zero-order valence-electron chi connectivity index (χ0n) is 9.80. The van der Waals surface area contributed by atoms with Crippen molar-refractivity contribution in [1.82, 2.24) is 0 Å². The first-order valence-corrected chi connectivity index (χ1v) is 6.08. The van der Waals surface area contributed by atoms with Crippen molar-refractivity contribution in [3.63, 3.8) is 0 Å². The van der Waals surface area contributed by atoms with Crippen molar-refractivity contribution in [1.29, 1.82) is 0 Å². The maximum atomic E-state index is 11.8. The molecule has 2 nitrogen and oxygen atoms in total. The number of amides is 1. The van der Waals surface area contributed by atoms with E-state index in [-0.39, 0.29) is 5.91 Å². The maximum Gasteiger partial charge on any atom is 0.250 e. The Balaban J connectivity index is 2.84. The highest BCUT2D eigenvalue weighted by Gasteiger charge is 2.06. The lowest BCUT2D eigenvalue weighted by molar-refractivity contribution is -0.112. The first-order chi connectivity index (χ1) is 7.54. The second-order valence-electron chi connectivity index (χ2n) is 3.71. The van der Waals surface area contributed by atoms with E-state index in [0.29, 0.717) is 0 Å².